The van der Waals surface area contributed by atoms with Crippen LogP contribution in [0.3, 0.4) is 0 Å². The summed E-state index contributed by atoms with van der Waals surface area (Å²) in [5.41, 5.74) is 7.94. The number of hydrogen-bond acceptors (Lipinski definition) is 2. The first kappa shape index (κ1) is 12.8. The summed E-state index contributed by atoms with van der Waals surface area (Å²) >= 11 is 6.45. The molecule has 17 heavy (non-hydrogen) atoms. The first-order chi connectivity index (χ1) is 8.08. The van der Waals surface area contributed by atoms with Gasteiger partial charge >= 0.3 is 0 Å². The Hall–Kier alpha value is -0.650. The van der Waals surface area contributed by atoms with Gasteiger partial charge < -0.3 is 10.2 Å². The maximum absolute atomic E-state index is 13.1. The molecule has 5 heteroatoms. The topological polar surface area (TPSA) is 39.2 Å². The van der Waals surface area contributed by atoms with Gasteiger partial charge in [0.05, 0.1) is 10.7 Å². The number of rotatable bonds is 3. The monoisotopic (exact) mass is 361 g/mol. The van der Waals surface area contributed by atoms with Gasteiger partial charge in [0.25, 0.3) is 0 Å². The predicted octanol–water partition coefficient (Wildman–Crippen LogP) is 4.19. The smallest absolute Gasteiger partial charge is 0.173 e. The van der Waals surface area contributed by atoms with Crippen molar-refractivity contribution < 1.29 is 8.81 Å². The van der Waals surface area contributed by atoms with Crippen molar-refractivity contribution in [2.75, 3.05) is 0 Å². The fraction of sp³-hybridized carbons (Fsp3) is 0.167. The van der Waals surface area contributed by atoms with E-state index in [-0.39, 0.29) is 11.9 Å². The first-order valence-electron chi connectivity index (χ1n) is 5.00. The number of nitrogens with two attached hydrogens (primary N) is 1. The molecule has 0 spiro atoms. The van der Waals surface area contributed by atoms with Crippen molar-refractivity contribution >= 4 is 31.9 Å². The van der Waals surface area contributed by atoms with Crippen LogP contribution in [0.4, 0.5) is 4.39 Å². The summed E-state index contributed by atoms with van der Waals surface area (Å²) in [5, 5.41) is 0. The minimum atomic E-state index is -0.271. The molecule has 0 aliphatic heterocycles. The van der Waals surface area contributed by atoms with Crippen LogP contribution < -0.4 is 5.73 Å². The van der Waals surface area contributed by atoms with Crippen molar-refractivity contribution in [1.29, 1.82) is 0 Å². The average molecular weight is 363 g/mol. The number of furan rings is 1. The zero-order valence-electron chi connectivity index (χ0n) is 8.79. The summed E-state index contributed by atoms with van der Waals surface area (Å²) in [6, 6.07) is 6.54. The van der Waals surface area contributed by atoms with E-state index in [2.05, 4.69) is 31.9 Å². The fourth-order valence-corrected chi connectivity index (χ4v) is 2.56. The molecule has 2 nitrogen and oxygen atoms in total. The zero-order chi connectivity index (χ0) is 12.4. The first-order valence-corrected chi connectivity index (χ1v) is 6.59. The lowest BCUT2D eigenvalue weighted by molar-refractivity contribution is 0.530. The number of halogens is 3. The summed E-state index contributed by atoms with van der Waals surface area (Å²) in [5.74, 6) is -0.271. The van der Waals surface area contributed by atoms with Crippen LogP contribution in [0.5, 0.6) is 0 Å². The molecular formula is C12H10Br2FNO. The minimum absolute atomic E-state index is 0.180. The third-order valence-corrected chi connectivity index (χ3v) is 3.74. The second-order valence-electron chi connectivity index (χ2n) is 3.71. The van der Waals surface area contributed by atoms with Gasteiger partial charge in [-0.25, -0.2) is 4.39 Å². The Morgan fingerprint density at radius 2 is 2.06 bits per heavy atom. The quantitative estimate of drug-likeness (QED) is 0.889. The molecule has 0 fully saturated rings. The molecule has 1 heterocycles. The van der Waals surface area contributed by atoms with Gasteiger partial charge in [-0.15, -0.1) is 0 Å². The molecule has 0 aliphatic carbocycles. The Labute approximate surface area is 115 Å². The molecule has 0 bridgehead atoms. The molecule has 2 aromatic rings. The summed E-state index contributed by atoms with van der Waals surface area (Å²) in [6.07, 6.45) is 2.21. The highest BCUT2D eigenvalue weighted by molar-refractivity contribution is 9.10. The van der Waals surface area contributed by atoms with E-state index >= 15 is 0 Å². The van der Waals surface area contributed by atoms with E-state index in [1.807, 2.05) is 6.07 Å². The van der Waals surface area contributed by atoms with Gasteiger partial charge in [-0.05, 0) is 62.0 Å². The third-order valence-electron chi connectivity index (χ3n) is 2.49. The van der Waals surface area contributed by atoms with Gasteiger partial charge in [0.1, 0.15) is 5.82 Å². The van der Waals surface area contributed by atoms with Crippen molar-refractivity contribution in [3.05, 3.63) is 56.6 Å². The van der Waals surface area contributed by atoms with Gasteiger partial charge in [-0.1, -0.05) is 6.07 Å². The van der Waals surface area contributed by atoms with Crippen LogP contribution in [0.15, 0.2) is 44.1 Å². The predicted molar refractivity (Wildman–Crippen MR) is 71.1 cm³/mol. The molecule has 0 amide bonds. The van der Waals surface area contributed by atoms with Crippen LogP contribution in [0.25, 0.3) is 0 Å². The zero-order valence-corrected chi connectivity index (χ0v) is 12.0. The van der Waals surface area contributed by atoms with Crippen molar-refractivity contribution in [2.45, 2.75) is 12.5 Å². The fourth-order valence-electron chi connectivity index (χ4n) is 1.60. The molecule has 1 unspecified atom stereocenters. The Morgan fingerprint density at radius 3 is 2.65 bits per heavy atom. The Balaban J connectivity index is 2.16. The van der Waals surface area contributed by atoms with Crippen molar-refractivity contribution in [3.8, 4) is 0 Å². The molecule has 2 N–H and O–H groups in total. The molecule has 0 radical (unpaired) electrons. The SMILES string of the molecule is NC(Cc1ccc(F)c(Br)c1)c1ccoc1Br. The summed E-state index contributed by atoms with van der Waals surface area (Å²) in [6.45, 7) is 0. The molecule has 2 rings (SSSR count). The molecule has 1 atom stereocenters. The maximum atomic E-state index is 13.1. The van der Waals surface area contributed by atoms with Gasteiger partial charge in [0.2, 0.25) is 0 Å². The highest BCUT2D eigenvalue weighted by atomic mass is 79.9. The van der Waals surface area contributed by atoms with Crippen LogP contribution in [0.1, 0.15) is 17.2 Å². The lowest BCUT2D eigenvalue weighted by Crippen LogP contribution is -2.13. The van der Waals surface area contributed by atoms with Crippen LogP contribution >= 0.6 is 31.9 Å². The van der Waals surface area contributed by atoms with E-state index in [0.717, 1.165) is 11.1 Å². The van der Waals surface area contributed by atoms with Gasteiger partial charge in [0, 0.05) is 11.6 Å². The van der Waals surface area contributed by atoms with E-state index in [1.54, 1.807) is 18.4 Å². The second-order valence-corrected chi connectivity index (χ2v) is 5.28. The molecule has 0 aliphatic rings. The van der Waals surface area contributed by atoms with Crippen LogP contribution in [-0.2, 0) is 6.42 Å². The largest absolute Gasteiger partial charge is 0.457 e. The molecule has 0 saturated heterocycles. The van der Waals surface area contributed by atoms with E-state index in [0.29, 0.717) is 15.6 Å². The minimum Gasteiger partial charge on any atom is -0.457 e. The molecular weight excluding hydrogens is 353 g/mol. The lowest BCUT2D eigenvalue weighted by atomic mass is 10.0. The molecule has 1 aromatic carbocycles. The van der Waals surface area contributed by atoms with E-state index < -0.39 is 0 Å². The summed E-state index contributed by atoms with van der Waals surface area (Å²) in [7, 11) is 0. The van der Waals surface area contributed by atoms with Crippen LogP contribution in [0, 0.1) is 5.82 Å². The summed E-state index contributed by atoms with van der Waals surface area (Å²) < 4.78 is 19.3. The number of hydrogen-bond donors (Lipinski definition) is 1. The normalized spacial score (nSPS) is 12.7. The van der Waals surface area contributed by atoms with Crippen LogP contribution in [-0.4, -0.2) is 0 Å². The van der Waals surface area contributed by atoms with Crippen molar-refractivity contribution in [3.63, 3.8) is 0 Å². The second kappa shape index (κ2) is 5.33. The number of benzene rings is 1. The molecule has 1 aromatic heterocycles. The highest BCUT2D eigenvalue weighted by Crippen LogP contribution is 2.26. The lowest BCUT2D eigenvalue weighted by Gasteiger charge is -2.10. The van der Waals surface area contributed by atoms with Gasteiger partial charge in [0.15, 0.2) is 4.67 Å². The van der Waals surface area contributed by atoms with E-state index in [9.17, 15) is 4.39 Å². The Bertz CT molecular complexity index is 527. The molecule has 90 valence electrons. The average Bonchev–Trinajstić information content (AvgIpc) is 2.70. The van der Waals surface area contributed by atoms with Crippen molar-refractivity contribution in [1.82, 2.24) is 0 Å². The van der Waals surface area contributed by atoms with E-state index in [1.165, 1.54) is 6.07 Å². The Kier molecular flexibility index (Phi) is 4.01. The van der Waals surface area contributed by atoms with Gasteiger partial charge in [-0.2, -0.15) is 0 Å². The highest BCUT2D eigenvalue weighted by Gasteiger charge is 2.13. The summed E-state index contributed by atoms with van der Waals surface area (Å²) in [4.78, 5) is 0. The van der Waals surface area contributed by atoms with E-state index in [4.69, 9.17) is 10.2 Å². The van der Waals surface area contributed by atoms with Gasteiger partial charge in [-0.3, -0.25) is 0 Å². The van der Waals surface area contributed by atoms with Crippen molar-refractivity contribution in [2.24, 2.45) is 5.73 Å². The Morgan fingerprint density at radius 1 is 1.29 bits per heavy atom. The van der Waals surface area contributed by atoms with Crippen LogP contribution in [0.2, 0.25) is 0 Å². The third kappa shape index (κ3) is 2.97. The molecule has 0 saturated carbocycles. The maximum Gasteiger partial charge on any atom is 0.173 e. The standard InChI is InChI=1S/C12H10Br2FNO/c13-9-5-7(1-2-10(9)15)6-11(16)8-3-4-17-12(8)14/h1-5,11H,6,16H2.